The number of amides is 1. The summed E-state index contributed by atoms with van der Waals surface area (Å²) in [5, 5.41) is 13.2. The molecule has 0 aliphatic carbocycles. The predicted octanol–water partition coefficient (Wildman–Crippen LogP) is 4.86. The average molecular weight is 449 g/mol. The fourth-order valence-corrected chi connectivity index (χ4v) is 4.86. The van der Waals surface area contributed by atoms with Crippen LogP contribution >= 0.6 is 11.3 Å². The molecule has 1 aliphatic rings. The van der Waals surface area contributed by atoms with E-state index in [0.717, 1.165) is 16.0 Å². The van der Waals surface area contributed by atoms with Crippen molar-refractivity contribution in [3.8, 4) is 5.75 Å². The van der Waals surface area contributed by atoms with Crippen molar-refractivity contribution in [3.63, 3.8) is 0 Å². The van der Waals surface area contributed by atoms with Crippen molar-refractivity contribution in [2.24, 2.45) is 0 Å². The first kappa shape index (κ1) is 21.8. The number of nitrogens with zero attached hydrogens (tertiary/aromatic N) is 2. The summed E-state index contributed by atoms with van der Waals surface area (Å²) in [6.07, 6.45) is 3.29. The molecule has 0 radical (unpaired) electrons. The van der Waals surface area contributed by atoms with Crippen LogP contribution in [0.25, 0.3) is 5.76 Å². The number of ether oxygens (including phenoxy) is 1. The number of carbonyl (C=O) groups is 2. The Kier molecular flexibility index (Phi) is 6.10. The van der Waals surface area contributed by atoms with Gasteiger partial charge in [0, 0.05) is 29.4 Å². The van der Waals surface area contributed by atoms with Gasteiger partial charge in [0.15, 0.2) is 0 Å². The zero-order chi connectivity index (χ0) is 22.8. The highest BCUT2D eigenvalue weighted by atomic mass is 32.1. The Hall–Kier alpha value is -3.45. The zero-order valence-electron chi connectivity index (χ0n) is 18.1. The fraction of sp³-hybridized carbons (Fsp3) is 0.240. The van der Waals surface area contributed by atoms with Gasteiger partial charge < -0.3 is 14.7 Å². The van der Waals surface area contributed by atoms with Gasteiger partial charge in [-0.2, -0.15) is 0 Å². The molecule has 32 heavy (non-hydrogen) atoms. The van der Waals surface area contributed by atoms with Crippen LogP contribution in [0.15, 0.2) is 65.8 Å². The van der Waals surface area contributed by atoms with E-state index < -0.39 is 17.7 Å². The Morgan fingerprint density at radius 2 is 2.03 bits per heavy atom. The third-order valence-corrected chi connectivity index (χ3v) is 6.32. The van der Waals surface area contributed by atoms with Crippen LogP contribution in [0.2, 0.25) is 0 Å². The van der Waals surface area contributed by atoms with Crippen LogP contribution in [-0.2, 0) is 16.1 Å². The number of aromatic nitrogens is 1. The third-order valence-electron chi connectivity index (χ3n) is 5.24. The molecule has 1 unspecified atom stereocenters. The first-order valence-corrected chi connectivity index (χ1v) is 11.2. The average Bonchev–Trinajstić information content (AvgIpc) is 3.29. The minimum Gasteiger partial charge on any atom is -0.507 e. The van der Waals surface area contributed by atoms with Crippen LogP contribution < -0.4 is 4.74 Å². The maximum atomic E-state index is 13.1. The third kappa shape index (κ3) is 4.16. The molecule has 1 aliphatic heterocycles. The van der Waals surface area contributed by atoms with Gasteiger partial charge in [0.25, 0.3) is 11.7 Å². The van der Waals surface area contributed by atoms with Crippen LogP contribution in [-0.4, -0.2) is 32.8 Å². The highest BCUT2D eigenvalue weighted by Gasteiger charge is 2.47. The fourth-order valence-electron chi connectivity index (χ4n) is 3.81. The van der Waals surface area contributed by atoms with Crippen molar-refractivity contribution < 1.29 is 19.4 Å². The summed E-state index contributed by atoms with van der Waals surface area (Å²) in [6.45, 7) is 5.98. The second-order valence-electron chi connectivity index (χ2n) is 7.95. The molecule has 164 valence electrons. The second kappa shape index (κ2) is 8.96. The lowest BCUT2D eigenvalue weighted by Crippen LogP contribution is -2.29. The Labute approximate surface area is 190 Å². The van der Waals surface area contributed by atoms with E-state index in [2.05, 4.69) is 4.98 Å². The molecule has 1 fully saturated rings. The van der Waals surface area contributed by atoms with Crippen LogP contribution in [0.3, 0.4) is 0 Å². The normalized spacial score (nSPS) is 17.9. The summed E-state index contributed by atoms with van der Waals surface area (Å²) in [5.41, 5.74) is 2.29. The molecule has 3 heterocycles. The van der Waals surface area contributed by atoms with Gasteiger partial charge in [-0.3, -0.25) is 14.6 Å². The number of hydrogen-bond donors (Lipinski definition) is 1. The molecule has 3 aromatic rings. The molecule has 1 atom stereocenters. The summed E-state index contributed by atoms with van der Waals surface area (Å²) in [7, 11) is 0. The largest absolute Gasteiger partial charge is 0.507 e. The number of aryl methyl sites for hydroxylation is 1. The van der Waals surface area contributed by atoms with E-state index >= 15 is 0 Å². The first-order chi connectivity index (χ1) is 15.4. The summed E-state index contributed by atoms with van der Waals surface area (Å²) in [5.74, 6) is -0.955. The highest BCUT2D eigenvalue weighted by molar-refractivity contribution is 7.10. The molecular formula is C25H24N2O4S. The van der Waals surface area contributed by atoms with Gasteiger partial charge >= 0.3 is 0 Å². The number of benzene rings is 1. The highest BCUT2D eigenvalue weighted by Crippen LogP contribution is 2.43. The van der Waals surface area contributed by atoms with Crippen molar-refractivity contribution in [1.29, 1.82) is 0 Å². The Morgan fingerprint density at radius 3 is 2.69 bits per heavy atom. The number of rotatable bonds is 6. The molecule has 1 N–H and O–H groups in total. The summed E-state index contributed by atoms with van der Waals surface area (Å²) in [6, 6.07) is 11.8. The van der Waals surface area contributed by atoms with Gasteiger partial charge in [-0.25, -0.2) is 0 Å². The van der Waals surface area contributed by atoms with Crippen molar-refractivity contribution in [2.75, 3.05) is 0 Å². The van der Waals surface area contributed by atoms with Gasteiger partial charge in [-0.05, 0) is 61.5 Å². The van der Waals surface area contributed by atoms with Crippen LogP contribution in [0, 0.1) is 6.92 Å². The van der Waals surface area contributed by atoms with Gasteiger partial charge in [0.2, 0.25) is 0 Å². The van der Waals surface area contributed by atoms with Gasteiger partial charge in [-0.1, -0.05) is 18.2 Å². The molecule has 1 saturated heterocycles. The Morgan fingerprint density at radius 1 is 1.22 bits per heavy atom. The predicted molar refractivity (Wildman–Crippen MR) is 123 cm³/mol. The standard InChI is InChI=1S/C25H24N2O4S/c1-15(2)31-19-8-4-7-18(12-19)22(28)20-21(24-16(3)9-11-32-24)27(25(30)23(20)29)14-17-6-5-10-26-13-17/h4-13,15,21,28H,14H2,1-3H3/b22-20-. The van der Waals surface area contributed by atoms with Crippen LogP contribution in [0.1, 0.15) is 41.5 Å². The van der Waals surface area contributed by atoms with Crippen molar-refractivity contribution >= 4 is 28.8 Å². The topological polar surface area (TPSA) is 79.7 Å². The quantitative estimate of drug-likeness (QED) is 0.331. The molecule has 0 saturated carbocycles. The van der Waals surface area contributed by atoms with E-state index in [1.54, 1.807) is 42.7 Å². The number of carbonyl (C=O) groups excluding carboxylic acids is 2. The number of aliphatic hydroxyl groups is 1. The lowest BCUT2D eigenvalue weighted by molar-refractivity contribution is -0.140. The molecule has 0 spiro atoms. The lowest BCUT2D eigenvalue weighted by atomic mass is 9.98. The monoisotopic (exact) mass is 448 g/mol. The Balaban J connectivity index is 1.83. The summed E-state index contributed by atoms with van der Waals surface area (Å²) < 4.78 is 5.73. The van der Waals surface area contributed by atoms with Crippen molar-refractivity contribution in [2.45, 2.75) is 39.5 Å². The molecule has 2 aromatic heterocycles. The number of aliphatic hydroxyl groups excluding tert-OH is 1. The second-order valence-corrected chi connectivity index (χ2v) is 8.90. The number of ketones is 1. The lowest BCUT2D eigenvalue weighted by Gasteiger charge is -2.25. The molecule has 1 aromatic carbocycles. The molecule has 4 rings (SSSR count). The summed E-state index contributed by atoms with van der Waals surface area (Å²) in [4.78, 5) is 32.7. The van der Waals surface area contributed by atoms with Gasteiger partial charge in [-0.15, -0.1) is 11.3 Å². The van der Waals surface area contributed by atoms with Crippen LogP contribution in [0.4, 0.5) is 0 Å². The molecule has 6 nitrogen and oxygen atoms in total. The van der Waals surface area contributed by atoms with E-state index in [1.165, 1.54) is 16.2 Å². The smallest absolute Gasteiger partial charge is 0.295 e. The van der Waals surface area contributed by atoms with Crippen molar-refractivity contribution in [1.82, 2.24) is 9.88 Å². The van der Waals surface area contributed by atoms with Gasteiger partial charge in [0.1, 0.15) is 17.6 Å². The van der Waals surface area contributed by atoms with Crippen molar-refractivity contribution in [3.05, 3.63) is 87.4 Å². The maximum Gasteiger partial charge on any atom is 0.295 e. The SMILES string of the molecule is Cc1ccsc1C1/C(=C(/O)c2cccc(OC(C)C)c2)C(=O)C(=O)N1Cc1cccnc1. The van der Waals surface area contributed by atoms with E-state index in [4.69, 9.17) is 4.74 Å². The molecule has 0 bridgehead atoms. The number of hydrogen-bond acceptors (Lipinski definition) is 6. The number of likely N-dealkylation sites (tertiary alicyclic amines) is 1. The first-order valence-electron chi connectivity index (χ1n) is 10.3. The number of thiophene rings is 1. The molecular weight excluding hydrogens is 424 g/mol. The minimum absolute atomic E-state index is 0.0359. The zero-order valence-corrected chi connectivity index (χ0v) is 18.9. The van der Waals surface area contributed by atoms with Gasteiger partial charge in [0.05, 0.1) is 11.7 Å². The van der Waals surface area contributed by atoms with E-state index in [-0.39, 0.29) is 24.0 Å². The molecule has 1 amide bonds. The van der Waals surface area contributed by atoms with E-state index in [9.17, 15) is 14.7 Å². The summed E-state index contributed by atoms with van der Waals surface area (Å²) >= 11 is 1.46. The maximum absolute atomic E-state index is 13.1. The van der Waals surface area contributed by atoms with Crippen LogP contribution in [0.5, 0.6) is 5.75 Å². The Bertz CT molecular complexity index is 1180. The number of Topliss-reactive ketones (excluding diaryl/α,β-unsaturated/α-hetero) is 1. The molecule has 7 heteroatoms. The minimum atomic E-state index is -0.695. The van der Waals surface area contributed by atoms with E-state index in [0.29, 0.717) is 11.3 Å². The number of pyridine rings is 1. The van der Waals surface area contributed by atoms with E-state index in [1.807, 2.05) is 38.3 Å².